The van der Waals surface area contributed by atoms with E-state index in [1.165, 1.54) is 0 Å². The predicted molar refractivity (Wildman–Crippen MR) is 86.3 cm³/mol. The van der Waals surface area contributed by atoms with Crippen molar-refractivity contribution >= 4 is 17.2 Å². The van der Waals surface area contributed by atoms with Gasteiger partial charge >= 0.3 is 0 Å². The van der Waals surface area contributed by atoms with E-state index in [9.17, 15) is 4.79 Å². The van der Waals surface area contributed by atoms with Crippen LogP contribution in [0.15, 0.2) is 5.38 Å². The van der Waals surface area contributed by atoms with Gasteiger partial charge in [0.1, 0.15) is 11.9 Å². The molecule has 1 fully saturated rings. The first-order valence-electron chi connectivity index (χ1n) is 7.75. The van der Waals surface area contributed by atoms with E-state index < -0.39 is 0 Å². The number of carbonyl (C=O) groups excluding carboxylic acids is 1. The molecule has 2 aromatic heterocycles. The highest BCUT2D eigenvalue weighted by Crippen LogP contribution is 2.22. The van der Waals surface area contributed by atoms with Crippen molar-refractivity contribution in [3.63, 3.8) is 0 Å². The number of aromatic amines is 1. The van der Waals surface area contributed by atoms with E-state index in [-0.39, 0.29) is 12.0 Å². The van der Waals surface area contributed by atoms with Crippen LogP contribution in [-0.2, 0) is 16.0 Å². The van der Waals surface area contributed by atoms with Gasteiger partial charge in [0.05, 0.1) is 30.3 Å². The molecule has 0 saturated carbocycles. The minimum Gasteiger partial charge on any atom is -0.366 e. The quantitative estimate of drug-likeness (QED) is 0.921. The number of carbonyl (C=O) groups is 1. The predicted octanol–water partition coefficient (Wildman–Crippen LogP) is 1.84. The van der Waals surface area contributed by atoms with Crippen molar-refractivity contribution in [1.82, 2.24) is 25.1 Å². The molecule has 0 radical (unpaired) electrons. The molecule has 1 amide bonds. The van der Waals surface area contributed by atoms with Crippen molar-refractivity contribution in [2.75, 3.05) is 19.7 Å². The summed E-state index contributed by atoms with van der Waals surface area (Å²) in [7, 11) is 0. The third kappa shape index (κ3) is 3.76. The third-order valence-electron chi connectivity index (χ3n) is 3.72. The van der Waals surface area contributed by atoms with Crippen LogP contribution in [0.2, 0.25) is 0 Å². The molecule has 1 atom stereocenters. The molecule has 0 bridgehead atoms. The summed E-state index contributed by atoms with van der Waals surface area (Å²) in [5.41, 5.74) is 0.848. The Kier molecular flexibility index (Phi) is 4.72. The number of thiazole rings is 1. The van der Waals surface area contributed by atoms with E-state index in [0.29, 0.717) is 37.9 Å². The van der Waals surface area contributed by atoms with Gasteiger partial charge in [-0.1, -0.05) is 13.8 Å². The summed E-state index contributed by atoms with van der Waals surface area (Å²) in [4.78, 5) is 23.2. The van der Waals surface area contributed by atoms with Gasteiger partial charge in [-0.15, -0.1) is 11.3 Å². The Morgan fingerprint density at radius 2 is 2.35 bits per heavy atom. The van der Waals surface area contributed by atoms with Crippen LogP contribution in [0, 0.1) is 6.92 Å². The third-order valence-corrected chi connectivity index (χ3v) is 4.91. The average Bonchev–Trinajstić information content (AvgIpc) is 3.16. The molecule has 0 spiro atoms. The lowest BCUT2D eigenvalue weighted by molar-refractivity contribution is -0.138. The van der Waals surface area contributed by atoms with E-state index in [1.807, 2.05) is 17.2 Å². The number of nitrogens with zero attached hydrogens (tertiary/aromatic N) is 4. The van der Waals surface area contributed by atoms with Crippen LogP contribution in [-0.4, -0.2) is 50.7 Å². The molecule has 23 heavy (non-hydrogen) atoms. The van der Waals surface area contributed by atoms with Crippen LogP contribution < -0.4 is 0 Å². The first kappa shape index (κ1) is 16.1. The number of rotatable bonds is 4. The van der Waals surface area contributed by atoms with E-state index in [2.05, 4.69) is 34.0 Å². The first-order chi connectivity index (χ1) is 11.0. The smallest absolute Gasteiger partial charge is 0.228 e. The molecular formula is C15H21N5O2S. The van der Waals surface area contributed by atoms with Gasteiger partial charge in [0.15, 0.2) is 5.82 Å². The zero-order valence-electron chi connectivity index (χ0n) is 13.6. The van der Waals surface area contributed by atoms with Gasteiger partial charge in [0.25, 0.3) is 0 Å². The van der Waals surface area contributed by atoms with Gasteiger partial charge in [0.2, 0.25) is 5.91 Å². The maximum absolute atomic E-state index is 12.5. The molecule has 1 N–H and O–H groups in total. The van der Waals surface area contributed by atoms with Crippen LogP contribution >= 0.6 is 11.3 Å². The van der Waals surface area contributed by atoms with Crippen LogP contribution in [0.4, 0.5) is 0 Å². The summed E-state index contributed by atoms with van der Waals surface area (Å²) in [6, 6.07) is 0. The Labute approximate surface area is 139 Å². The lowest BCUT2D eigenvalue weighted by Gasteiger charge is -2.31. The summed E-state index contributed by atoms with van der Waals surface area (Å²) in [6.07, 6.45) is 0.0717. The molecule has 0 aromatic carbocycles. The second-order valence-electron chi connectivity index (χ2n) is 5.99. The van der Waals surface area contributed by atoms with Gasteiger partial charge in [-0.3, -0.25) is 9.89 Å². The maximum atomic E-state index is 12.5. The first-order valence-corrected chi connectivity index (χ1v) is 8.63. The molecular weight excluding hydrogens is 314 g/mol. The molecule has 1 aliphatic rings. The minimum absolute atomic E-state index is 0.0752. The summed E-state index contributed by atoms with van der Waals surface area (Å²) in [5.74, 6) is 1.82. The molecule has 1 aliphatic heterocycles. The fraction of sp³-hybridized carbons (Fsp3) is 0.600. The number of hydrogen-bond acceptors (Lipinski definition) is 6. The van der Waals surface area contributed by atoms with Gasteiger partial charge < -0.3 is 9.64 Å². The normalized spacial score (nSPS) is 18.6. The molecule has 8 heteroatoms. The van der Waals surface area contributed by atoms with Crippen molar-refractivity contribution < 1.29 is 9.53 Å². The number of hydrogen-bond donors (Lipinski definition) is 1. The number of aromatic nitrogens is 4. The summed E-state index contributed by atoms with van der Waals surface area (Å²) in [5, 5.41) is 9.99. The Balaban J connectivity index is 1.62. The van der Waals surface area contributed by atoms with Crippen LogP contribution in [0.25, 0.3) is 0 Å². The molecule has 0 aliphatic carbocycles. The van der Waals surface area contributed by atoms with Crippen molar-refractivity contribution in [1.29, 1.82) is 0 Å². The van der Waals surface area contributed by atoms with Crippen LogP contribution in [0.1, 0.15) is 48.2 Å². The summed E-state index contributed by atoms with van der Waals surface area (Å²) >= 11 is 1.62. The standard InChI is InChI=1S/C15H21N5O2S/c1-9(2)15-17-11(8-23-15)6-13(21)20-4-5-22-12(7-20)14-16-10(3)18-19-14/h8-9,12H,4-7H2,1-3H3,(H,16,18,19). The van der Waals surface area contributed by atoms with E-state index in [4.69, 9.17) is 4.74 Å². The second kappa shape index (κ2) is 6.76. The second-order valence-corrected chi connectivity index (χ2v) is 6.88. The molecule has 3 heterocycles. The number of ether oxygens (including phenoxy) is 1. The highest BCUT2D eigenvalue weighted by atomic mass is 32.1. The minimum atomic E-state index is -0.265. The summed E-state index contributed by atoms with van der Waals surface area (Å²) < 4.78 is 5.69. The van der Waals surface area contributed by atoms with E-state index in [0.717, 1.165) is 16.5 Å². The number of H-pyrrole nitrogens is 1. The van der Waals surface area contributed by atoms with Crippen molar-refractivity contribution in [3.05, 3.63) is 27.7 Å². The summed E-state index contributed by atoms with van der Waals surface area (Å²) in [6.45, 7) is 7.64. The van der Waals surface area contributed by atoms with Gasteiger partial charge in [0, 0.05) is 17.8 Å². The number of nitrogens with one attached hydrogen (secondary N) is 1. The van der Waals surface area contributed by atoms with Crippen molar-refractivity contribution in [2.24, 2.45) is 0 Å². The lowest BCUT2D eigenvalue weighted by atomic mass is 10.2. The van der Waals surface area contributed by atoms with E-state index >= 15 is 0 Å². The average molecular weight is 335 g/mol. The molecule has 7 nitrogen and oxygen atoms in total. The zero-order valence-corrected chi connectivity index (χ0v) is 14.4. The van der Waals surface area contributed by atoms with Gasteiger partial charge in [-0.05, 0) is 6.92 Å². The largest absolute Gasteiger partial charge is 0.366 e. The number of amides is 1. The Morgan fingerprint density at radius 1 is 1.52 bits per heavy atom. The van der Waals surface area contributed by atoms with E-state index in [1.54, 1.807) is 11.3 Å². The van der Waals surface area contributed by atoms with Gasteiger partial charge in [-0.2, -0.15) is 5.10 Å². The van der Waals surface area contributed by atoms with Crippen molar-refractivity contribution in [2.45, 2.75) is 39.2 Å². The molecule has 124 valence electrons. The highest BCUT2D eigenvalue weighted by Gasteiger charge is 2.28. The molecule has 3 rings (SSSR count). The number of morpholine rings is 1. The molecule has 2 aromatic rings. The fourth-order valence-corrected chi connectivity index (χ4v) is 3.31. The zero-order chi connectivity index (χ0) is 16.4. The van der Waals surface area contributed by atoms with Crippen LogP contribution in [0.3, 0.4) is 0 Å². The monoisotopic (exact) mass is 335 g/mol. The molecule has 1 unspecified atom stereocenters. The highest BCUT2D eigenvalue weighted by molar-refractivity contribution is 7.09. The van der Waals surface area contributed by atoms with Crippen LogP contribution in [0.5, 0.6) is 0 Å². The lowest BCUT2D eigenvalue weighted by Crippen LogP contribution is -2.43. The maximum Gasteiger partial charge on any atom is 0.228 e. The Bertz CT molecular complexity index is 681. The fourth-order valence-electron chi connectivity index (χ4n) is 2.47. The SMILES string of the molecule is Cc1nc(C2CN(C(=O)Cc3csc(C(C)C)n3)CCO2)n[nH]1. The Morgan fingerprint density at radius 3 is 3.00 bits per heavy atom. The van der Waals surface area contributed by atoms with Gasteiger partial charge in [-0.25, -0.2) is 9.97 Å². The number of aryl methyl sites for hydroxylation is 1. The Hall–Kier alpha value is -1.80. The van der Waals surface area contributed by atoms with Crippen molar-refractivity contribution in [3.8, 4) is 0 Å². The topological polar surface area (TPSA) is 84.0 Å². The molecule has 1 saturated heterocycles.